The average Bonchev–Trinajstić information content (AvgIpc) is 2.99. The van der Waals surface area contributed by atoms with Crippen molar-refractivity contribution in [1.29, 1.82) is 0 Å². The molecule has 1 heterocycles. The third-order valence-electron chi connectivity index (χ3n) is 3.85. The minimum atomic E-state index is 0.0721. The second-order valence-electron chi connectivity index (χ2n) is 5.60. The lowest BCUT2D eigenvalue weighted by atomic mass is 10.1. The molecule has 1 aromatic heterocycles. The van der Waals surface area contributed by atoms with Crippen LogP contribution >= 0.6 is 11.3 Å². The molecule has 0 atom stereocenters. The van der Waals surface area contributed by atoms with Gasteiger partial charge in [0, 0.05) is 22.2 Å². The van der Waals surface area contributed by atoms with E-state index in [9.17, 15) is 4.79 Å². The van der Waals surface area contributed by atoms with E-state index in [1.165, 1.54) is 11.1 Å². The number of hydrogen-bond acceptors (Lipinski definition) is 4. The van der Waals surface area contributed by atoms with Crippen LogP contribution in [0, 0.1) is 13.8 Å². The fourth-order valence-corrected chi connectivity index (χ4v) is 3.02. The molecule has 0 aliphatic carbocycles. The predicted molar refractivity (Wildman–Crippen MR) is 96.8 cm³/mol. The van der Waals surface area contributed by atoms with Gasteiger partial charge in [0.05, 0.1) is 5.69 Å². The van der Waals surface area contributed by atoms with Crippen molar-refractivity contribution < 1.29 is 4.79 Å². The molecule has 0 fully saturated rings. The molecule has 0 radical (unpaired) electrons. The number of anilines is 2. The van der Waals surface area contributed by atoms with Crippen molar-refractivity contribution in [2.75, 3.05) is 5.32 Å². The van der Waals surface area contributed by atoms with E-state index in [0.29, 0.717) is 5.56 Å². The Morgan fingerprint density at radius 2 is 1.78 bits per heavy atom. The lowest BCUT2D eigenvalue weighted by molar-refractivity contribution is 0.101. The number of carbonyl (C=O) groups is 1. The van der Waals surface area contributed by atoms with Crippen LogP contribution in [-0.4, -0.2) is 10.8 Å². The maximum Gasteiger partial charge on any atom is 0.187 e. The van der Waals surface area contributed by atoms with E-state index in [2.05, 4.69) is 47.7 Å². The van der Waals surface area contributed by atoms with E-state index in [1.807, 2.05) is 24.3 Å². The van der Waals surface area contributed by atoms with Gasteiger partial charge in [0.2, 0.25) is 0 Å². The summed E-state index contributed by atoms with van der Waals surface area (Å²) in [5.74, 6) is 0.0721. The quantitative estimate of drug-likeness (QED) is 0.656. The van der Waals surface area contributed by atoms with Crippen molar-refractivity contribution in [2.45, 2.75) is 20.8 Å². The van der Waals surface area contributed by atoms with Crippen molar-refractivity contribution >= 4 is 27.9 Å². The topological polar surface area (TPSA) is 42.0 Å². The van der Waals surface area contributed by atoms with Gasteiger partial charge in [-0.2, -0.15) is 0 Å². The molecule has 116 valence electrons. The van der Waals surface area contributed by atoms with Gasteiger partial charge in [-0.15, -0.1) is 11.3 Å². The van der Waals surface area contributed by atoms with Crippen molar-refractivity contribution in [3.8, 4) is 11.3 Å². The number of carbonyl (C=O) groups excluding carboxylic acids is 1. The van der Waals surface area contributed by atoms with Crippen molar-refractivity contribution in [1.82, 2.24) is 4.98 Å². The fourth-order valence-electron chi connectivity index (χ4n) is 2.28. The summed E-state index contributed by atoms with van der Waals surface area (Å²) < 4.78 is 0. The minimum Gasteiger partial charge on any atom is -0.332 e. The van der Waals surface area contributed by atoms with Crippen molar-refractivity contribution in [3.63, 3.8) is 0 Å². The molecule has 0 unspecified atom stereocenters. The Balaban J connectivity index is 1.79. The fraction of sp³-hybridized carbons (Fsp3) is 0.158. The lowest BCUT2D eigenvalue weighted by Crippen LogP contribution is -1.93. The summed E-state index contributed by atoms with van der Waals surface area (Å²) in [5.41, 5.74) is 6.30. The van der Waals surface area contributed by atoms with Crippen molar-refractivity contribution in [2.24, 2.45) is 0 Å². The smallest absolute Gasteiger partial charge is 0.187 e. The third kappa shape index (κ3) is 3.48. The van der Waals surface area contributed by atoms with Crippen LogP contribution in [0.4, 0.5) is 10.8 Å². The SMILES string of the molecule is CC(=O)c1ccc(Nc2nc(-c3ccc(C)c(C)c3)cs2)cc1. The number of Topliss-reactive ketones (excluding diaryl/α,β-unsaturated/α-hetero) is 1. The Labute approximate surface area is 140 Å². The Morgan fingerprint density at radius 3 is 2.43 bits per heavy atom. The summed E-state index contributed by atoms with van der Waals surface area (Å²) in [7, 11) is 0. The molecule has 0 spiro atoms. The Bertz CT molecular complexity index is 850. The zero-order chi connectivity index (χ0) is 16.4. The number of hydrogen-bond donors (Lipinski definition) is 1. The Hall–Kier alpha value is -2.46. The number of rotatable bonds is 4. The molecule has 0 amide bonds. The van der Waals surface area contributed by atoms with Gasteiger partial charge in [0.25, 0.3) is 0 Å². The number of aryl methyl sites for hydroxylation is 2. The average molecular weight is 322 g/mol. The molecule has 2 aromatic carbocycles. The molecule has 3 nitrogen and oxygen atoms in total. The first-order valence-electron chi connectivity index (χ1n) is 7.44. The predicted octanol–water partition coefficient (Wildman–Crippen LogP) is 5.37. The first kappa shape index (κ1) is 15.4. The number of ketones is 1. The van der Waals surface area contributed by atoms with Crippen LogP contribution in [0.2, 0.25) is 0 Å². The van der Waals surface area contributed by atoms with Crippen LogP contribution in [0.5, 0.6) is 0 Å². The monoisotopic (exact) mass is 322 g/mol. The molecule has 0 saturated heterocycles. The van der Waals surface area contributed by atoms with E-state index >= 15 is 0 Å². The highest BCUT2D eigenvalue weighted by molar-refractivity contribution is 7.14. The highest BCUT2D eigenvalue weighted by Crippen LogP contribution is 2.28. The zero-order valence-corrected chi connectivity index (χ0v) is 14.2. The summed E-state index contributed by atoms with van der Waals surface area (Å²) >= 11 is 1.57. The molecule has 4 heteroatoms. The van der Waals surface area contributed by atoms with Gasteiger partial charge < -0.3 is 5.32 Å². The third-order valence-corrected chi connectivity index (χ3v) is 4.61. The summed E-state index contributed by atoms with van der Waals surface area (Å²) in [6.07, 6.45) is 0. The number of thiazole rings is 1. The van der Waals surface area contributed by atoms with E-state index < -0.39 is 0 Å². The van der Waals surface area contributed by atoms with E-state index in [-0.39, 0.29) is 5.78 Å². The molecular formula is C19H18N2OS. The van der Waals surface area contributed by atoms with Gasteiger partial charge >= 0.3 is 0 Å². The molecule has 3 rings (SSSR count). The molecule has 0 aliphatic heterocycles. The Kier molecular flexibility index (Phi) is 4.26. The summed E-state index contributed by atoms with van der Waals surface area (Å²) in [5, 5.41) is 6.18. The van der Waals surface area contributed by atoms with Crippen LogP contribution in [0.15, 0.2) is 47.8 Å². The van der Waals surface area contributed by atoms with Crippen LogP contribution < -0.4 is 5.32 Å². The van der Waals surface area contributed by atoms with Gasteiger partial charge in [0.1, 0.15) is 0 Å². The number of nitrogens with one attached hydrogen (secondary N) is 1. The van der Waals surface area contributed by atoms with Gasteiger partial charge in [-0.05, 0) is 62.2 Å². The number of aromatic nitrogens is 1. The van der Waals surface area contributed by atoms with Gasteiger partial charge in [-0.1, -0.05) is 12.1 Å². The molecular weight excluding hydrogens is 304 g/mol. The van der Waals surface area contributed by atoms with Crippen LogP contribution in [0.3, 0.4) is 0 Å². The molecule has 0 bridgehead atoms. The van der Waals surface area contributed by atoms with Gasteiger partial charge in [-0.3, -0.25) is 4.79 Å². The summed E-state index contributed by atoms with van der Waals surface area (Å²) in [4.78, 5) is 15.9. The van der Waals surface area contributed by atoms with Crippen LogP contribution in [0.25, 0.3) is 11.3 Å². The van der Waals surface area contributed by atoms with Crippen molar-refractivity contribution in [3.05, 3.63) is 64.5 Å². The normalized spacial score (nSPS) is 10.6. The van der Waals surface area contributed by atoms with E-state index in [1.54, 1.807) is 18.3 Å². The molecule has 0 saturated carbocycles. The van der Waals surface area contributed by atoms with Crippen LogP contribution in [0.1, 0.15) is 28.4 Å². The summed E-state index contributed by atoms with van der Waals surface area (Å²) in [6, 6.07) is 13.8. The molecule has 3 aromatic rings. The molecule has 0 aliphatic rings. The number of nitrogens with zero attached hydrogens (tertiary/aromatic N) is 1. The highest BCUT2D eigenvalue weighted by atomic mass is 32.1. The Morgan fingerprint density at radius 1 is 1.04 bits per heavy atom. The summed E-state index contributed by atoms with van der Waals surface area (Å²) in [6.45, 7) is 5.79. The molecule has 1 N–H and O–H groups in total. The highest BCUT2D eigenvalue weighted by Gasteiger charge is 2.06. The second kappa shape index (κ2) is 6.34. The number of benzene rings is 2. The zero-order valence-electron chi connectivity index (χ0n) is 13.4. The van der Waals surface area contributed by atoms with Crippen LogP contribution in [-0.2, 0) is 0 Å². The maximum absolute atomic E-state index is 11.3. The first-order chi connectivity index (χ1) is 11.0. The molecule has 23 heavy (non-hydrogen) atoms. The maximum atomic E-state index is 11.3. The van der Waals surface area contributed by atoms with E-state index in [0.717, 1.165) is 22.1 Å². The standard InChI is InChI=1S/C19H18N2OS/c1-12-4-5-16(10-13(12)2)18-11-23-19(21-18)20-17-8-6-15(7-9-17)14(3)22/h4-11H,1-3H3,(H,20,21). The lowest BCUT2D eigenvalue weighted by Gasteiger charge is -2.04. The van der Waals surface area contributed by atoms with Gasteiger partial charge in [-0.25, -0.2) is 4.98 Å². The first-order valence-corrected chi connectivity index (χ1v) is 8.32. The largest absolute Gasteiger partial charge is 0.332 e. The van der Waals surface area contributed by atoms with E-state index in [4.69, 9.17) is 0 Å². The van der Waals surface area contributed by atoms with Gasteiger partial charge in [0.15, 0.2) is 10.9 Å². The minimum absolute atomic E-state index is 0.0721. The second-order valence-corrected chi connectivity index (χ2v) is 6.45.